The highest BCUT2D eigenvalue weighted by Gasteiger charge is 2.10. The summed E-state index contributed by atoms with van der Waals surface area (Å²) in [5, 5.41) is 10.1. The first-order valence-electron chi connectivity index (χ1n) is 6.59. The number of anilines is 1. The lowest BCUT2D eigenvalue weighted by Crippen LogP contribution is -2.10. The van der Waals surface area contributed by atoms with Gasteiger partial charge in [0.2, 0.25) is 0 Å². The third-order valence-corrected chi connectivity index (χ3v) is 2.87. The number of rotatable bonds is 6. The van der Waals surface area contributed by atoms with E-state index in [-0.39, 0.29) is 6.61 Å². The van der Waals surface area contributed by atoms with E-state index in [1.165, 1.54) is 0 Å². The molecule has 2 rings (SSSR count). The van der Waals surface area contributed by atoms with E-state index < -0.39 is 6.10 Å². The average Bonchev–Trinajstić information content (AvgIpc) is 2.47. The number of nitrogen functional groups attached to an aromatic ring is 1. The molecule has 2 aromatic carbocycles. The second kappa shape index (κ2) is 6.82. The van der Waals surface area contributed by atoms with Crippen molar-refractivity contribution < 1.29 is 14.6 Å². The Kier molecular flexibility index (Phi) is 4.85. The lowest BCUT2D eigenvalue weighted by atomic mass is 10.1. The van der Waals surface area contributed by atoms with Crippen molar-refractivity contribution in [1.82, 2.24) is 0 Å². The van der Waals surface area contributed by atoms with Crippen molar-refractivity contribution in [3.63, 3.8) is 0 Å². The van der Waals surface area contributed by atoms with Gasteiger partial charge in [0, 0.05) is 5.69 Å². The van der Waals surface area contributed by atoms with Gasteiger partial charge in [-0.25, -0.2) is 0 Å². The van der Waals surface area contributed by atoms with E-state index in [4.69, 9.17) is 15.2 Å². The Labute approximate surface area is 118 Å². The maximum Gasteiger partial charge on any atom is 0.161 e. The van der Waals surface area contributed by atoms with Crippen molar-refractivity contribution in [2.45, 2.75) is 13.0 Å². The van der Waals surface area contributed by atoms with E-state index in [0.717, 1.165) is 5.56 Å². The zero-order valence-corrected chi connectivity index (χ0v) is 11.5. The maximum atomic E-state index is 10.1. The molecule has 0 spiro atoms. The topological polar surface area (TPSA) is 64.7 Å². The van der Waals surface area contributed by atoms with Gasteiger partial charge in [-0.1, -0.05) is 24.3 Å². The molecule has 3 N–H and O–H groups in total. The molecule has 0 aliphatic rings. The summed E-state index contributed by atoms with van der Waals surface area (Å²) in [6, 6.07) is 14.5. The van der Waals surface area contributed by atoms with Gasteiger partial charge in [-0.05, 0) is 36.8 Å². The van der Waals surface area contributed by atoms with Gasteiger partial charge in [0.1, 0.15) is 12.7 Å². The van der Waals surface area contributed by atoms with Crippen LogP contribution in [0, 0.1) is 0 Å². The molecular weight excluding hydrogens is 254 g/mol. The molecule has 0 saturated carbocycles. The molecule has 0 bridgehead atoms. The molecule has 0 heterocycles. The second-order valence-electron chi connectivity index (χ2n) is 4.37. The van der Waals surface area contributed by atoms with Crippen LogP contribution >= 0.6 is 0 Å². The van der Waals surface area contributed by atoms with Crippen molar-refractivity contribution in [3.05, 3.63) is 54.1 Å². The van der Waals surface area contributed by atoms with Crippen LogP contribution in [0.5, 0.6) is 11.5 Å². The summed E-state index contributed by atoms with van der Waals surface area (Å²) in [6.45, 7) is 2.65. The molecule has 4 nitrogen and oxygen atoms in total. The highest BCUT2D eigenvalue weighted by molar-refractivity contribution is 5.41. The third kappa shape index (κ3) is 3.65. The summed E-state index contributed by atoms with van der Waals surface area (Å²) in [6.07, 6.45) is -0.703. The largest absolute Gasteiger partial charge is 0.490 e. The summed E-state index contributed by atoms with van der Waals surface area (Å²) >= 11 is 0. The third-order valence-electron chi connectivity index (χ3n) is 2.87. The predicted molar refractivity (Wildman–Crippen MR) is 78.9 cm³/mol. The molecule has 0 aromatic heterocycles. The van der Waals surface area contributed by atoms with Gasteiger partial charge in [0.05, 0.1) is 6.61 Å². The van der Waals surface area contributed by atoms with Crippen molar-refractivity contribution in [2.75, 3.05) is 18.9 Å². The Hall–Kier alpha value is -2.20. The summed E-state index contributed by atoms with van der Waals surface area (Å²) in [4.78, 5) is 0. The number of ether oxygens (including phenoxy) is 2. The Bertz CT molecular complexity index is 540. The smallest absolute Gasteiger partial charge is 0.161 e. The Morgan fingerprint density at radius 3 is 2.20 bits per heavy atom. The fraction of sp³-hybridized carbons (Fsp3) is 0.250. The molecule has 0 saturated heterocycles. The predicted octanol–water partition coefficient (Wildman–Crippen LogP) is 2.78. The molecule has 1 unspecified atom stereocenters. The van der Waals surface area contributed by atoms with Crippen molar-refractivity contribution >= 4 is 5.69 Å². The van der Waals surface area contributed by atoms with Gasteiger partial charge in [-0.2, -0.15) is 0 Å². The zero-order chi connectivity index (χ0) is 14.4. The number of aliphatic hydroxyl groups is 1. The van der Waals surface area contributed by atoms with Crippen molar-refractivity contribution in [2.24, 2.45) is 0 Å². The minimum Gasteiger partial charge on any atom is -0.490 e. The van der Waals surface area contributed by atoms with Crippen molar-refractivity contribution in [3.8, 4) is 11.5 Å². The van der Waals surface area contributed by atoms with Gasteiger partial charge < -0.3 is 20.3 Å². The van der Waals surface area contributed by atoms with Gasteiger partial charge in [0.15, 0.2) is 11.5 Å². The highest BCUT2D eigenvalue weighted by atomic mass is 16.5. The standard InChI is InChI=1S/C16H19NO3/c1-2-19-15-5-3-4-6-16(15)20-11-14(18)12-7-9-13(17)10-8-12/h3-10,14,18H,2,11,17H2,1H3. The molecule has 0 aliphatic carbocycles. The highest BCUT2D eigenvalue weighted by Crippen LogP contribution is 2.27. The van der Waals surface area contributed by atoms with E-state index in [9.17, 15) is 5.11 Å². The van der Waals surface area contributed by atoms with Gasteiger partial charge >= 0.3 is 0 Å². The van der Waals surface area contributed by atoms with Crippen LogP contribution < -0.4 is 15.2 Å². The van der Waals surface area contributed by atoms with Crippen LogP contribution in [0.4, 0.5) is 5.69 Å². The molecule has 106 valence electrons. The SMILES string of the molecule is CCOc1ccccc1OCC(O)c1ccc(N)cc1. The summed E-state index contributed by atoms with van der Waals surface area (Å²) in [5.41, 5.74) is 7.06. The quantitative estimate of drug-likeness (QED) is 0.794. The van der Waals surface area contributed by atoms with Crippen molar-refractivity contribution in [1.29, 1.82) is 0 Å². The Morgan fingerprint density at radius 2 is 1.60 bits per heavy atom. The van der Waals surface area contributed by atoms with Crippen LogP contribution in [-0.2, 0) is 0 Å². The van der Waals surface area contributed by atoms with E-state index >= 15 is 0 Å². The number of hydrogen-bond acceptors (Lipinski definition) is 4. The normalized spacial score (nSPS) is 11.9. The zero-order valence-electron chi connectivity index (χ0n) is 11.5. The Balaban J connectivity index is 1.99. The number of nitrogens with two attached hydrogens (primary N) is 1. The minimum absolute atomic E-state index is 0.161. The number of benzene rings is 2. The maximum absolute atomic E-state index is 10.1. The van der Waals surface area contributed by atoms with Gasteiger partial charge in [-0.15, -0.1) is 0 Å². The summed E-state index contributed by atoms with van der Waals surface area (Å²) < 4.78 is 11.1. The molecule has 0 radical (unpaired) electrons. The molecule has 4 heteroatoms. The molecule has 0 aliphatic heterocycles. The Morgan fingerprint density at radius 1 is 1.00 bits per heavy atom. The molecule has 20 heavy (non-hydrogen) atoms. The molecule has 0 amide bonds. The first-order valence-corrected chi connectivity index (χ1v) is 6.59. The van der Waals surface area contributed by atoms with Crippen LogP contribution in [0.3, 0.4) is 0 Å². The van der Waals surface area contributed by atoms with Crippen LogP contribution in [0.15, 0.2) is 48.5 Å². The number of aliphatic hydroxyl groups excluding tert-OH is 1. The summed E-state index contributed by atoms with van der Waals surface area (Å²) in [7, 11) is 0. The second-order valence-corrected chi connectivity index (χ2v) is 4.37. The van der Waals surface area contributed by atoms with Crippen LogP contribution in [0.25, 0.3) is 0 Å². The molecule has 0 fully saturated rings. The molecular formula is C16H19NO3. The van der Waals surface area contributed by atoms with Gasteiger partial charge in [0.25, 0.3) is 0 Å². The number of hydrogen-bond donors (Lipinski definition) is 2. The monoisotopic (exact) mass is 273 g/mol. The molecule has 1 atom stereocenters. The first kappa shape index (κ1) is 14.2. The van der Waals surface area contributed by atoms with Crippen LogP contribution in [0.1, 0.15) is 18.6 Å². The number of para-hydroxylation sites is 2. The first-order chi connectivity index (χ1) is 9.70. The van der Waals surface area contributed by atoms with E-state index in [1.807, 2.05) is 31.2 Å². The lowest BCUT2D eigenvalue weighted by Gasteiger charge is -2.15. The summed E-state index contributed by atoms with van der Waals surface area (Å²) in [5.74, 6) is 1.31. The van der Waals surface area contributed by atoms with E-state index in [0.29, 0.717) is 23.8 Å². The van der Waals surface area contributed by atoms with Crippen LogP contribution in [0.2, 0.25) is 0 Å². The molecule has 2 aromatic rings. The van der Waals surface area contributed by atoms with E-state index in [1.54, 1.807) is 24.3 Å². The minimum atomic E-state index is -0.703. The lowest BCUT2D eigenvalue weighted by molar-refractivity contribution is 0.106. The fourth-order valence-electron chi connectivity index (χ4n) is 1.83. The average molecular weight is 273 g/mol. The van der Waals surface area contributed by atoms with Crippen LogP contribution in [-0.4, -0.2) is 18.3 Å². The van der Waals surface area contributed by atoms with E-state index in [2.05, 4.69) is 0 Å². The fourth-order valence-corrected chi connectivity index (χ4v) is 1.83. The van der Waals surface area contributed by atoms with Gasteiger partial charge in [-0.3, -0.25) is 0 Å².